The molecule has 0 bridgehead atoms. The molecule has 0 atom stereocenters. The zero-order chi connectivity index (χ0) is 20.5. The Morgan fingerprint density at radius 3 is 2.69 bits per heavy atom. The molecule has 0 saturated carbocycles. The number of rotatable bonds is 5. The minimum Gasteiger partial charge on any atom is -0.422 e. The summed E-state index contributed by atoms with van der Waals surface area (Å²) in [5.41, 5.74) is 3.66. The summed E-state index contributed by atoms with van der Waals surface area (Å²) in [4.78, 5) is 27.4. The Hall–Kier alpha value is -3.41. The summed E-state index contributed by atoms with van der Waals surface area (Å²) < 4.78 is 7.02. The Kier molecular flexibility index (Phi) is 4.92. The molecule has 2 heterocycles. The third-order valence-corrected chi connectivity index (χ3v) is 5.09. The molecule has 2 aromatic carbocycles. The van der Waals surface area contributed by atoms with E-state index in [1.807, 2.05) is 57.2 Å². The Morgan fingerprint density at radius 2 is 1.93 bits per heavy atom. The summed E-state index contributed by atoms with van der Waals surface area (Å²) in [5.74, 6) is -0.0693. The normalized spacial score (nSPS) is 11.3. The minimum atomic E-state index is -0.445. The van der Waals surface area contributed by atoms with Crippen molar-refractivity contribution in [3.8, 4) is 0 Å². The van der Waals surface area contributed by atoms with Gasteiger partial charge >= 0.3 is 5.63 Å². The maximum Gasteiger partial charge on any atom is 0.347 e. The van der Waals surface area contributed by atoms with Crippen LogP contribution in [-0.2, 0) is 11.3 Å². The molecule has 0 aliphatic rings. The Bertz CT molecular complexity index is 1270. The second-order valence-electron chi connectivity index (χ2n) is 7.29. The number of fused-ring (bicyclic) bond motifs is 3. The van der Waals surface area contributed by atoms with Crippen molar-refractivity contribution >= 4 is 33.5 Å². The van der Waals surface area contributed by atoms with Gasteiger partial charge in [-0.25, -0.2) is 4.79 Å². The summed E-state index contributed by atoms with van der Waals surface area (Å²) in [6.07, 6.45) is 2.32. The van der Waals surface area contributed by atoms with Gasteiger partial charge in [0.15, 0.2) is 0 Å². The Morgan fingerprint density at radius 1 is 1.14 bits per heavy atom. The summed E-state index contributed by atoms with van der Waals surface area (Å²) in [6.45, 7) is 6.68. The van der Waals surface area contributed by atoms with Crippen LogP contribution in [0.15, 0.2) is 57.9 Å². The van der Waals surface area contributed by atoms with E-state index in [9.17, 15) is 9.59 Å². The molecule has 6 heteroatoms. The summed E-state index contributed by atoms with van der Waals surface area (Å²) in [5, 5.41) is 5.51. The van der Waals surface area contributed by atoms with Crippen LogP contribution in [0.4, 0.5) is 5.69 Å². The second kappa shape index (κ2) is 7.54. The van der Waals surface area contributed by atoms with E-state index in [0.717, 1.165) is 28.6 Å². The van der Waals surface area contributed by atoms with Gasteiger partial charge in [0.05, 0.1) is 11.7 Å². The number of aryl methyl sites for hydroxylation is 2. The van der Waals surface area contributed by atoms with Gasteiger partial charge in [0.2, 0.25) is 5.91 Å². The molecular weight excluding hydrogens is 366 g/mol. The fourth-order valence-electron chi connectivity index (χ4n) is 3.69. The zero-order valence-electron chi connectivity index (χ0n) is 16.8. The highest BCUT2D eigenvalue weighted by molar-refractivity contribution is 6.03. The highest BCUT2D eigenvalue weighted by Gasteiger charge is 2.20. The predicted molar refractivity (Wildman–Crippen MR) is 114 cm³/mol. The molecule has 29 heavy (non-hydrogen) atoms. The third kappa shape index (κ3) is 3.42. The molecule has 2 aromatic heterocycles. The number of para-hydroxylation sites is 1. The molecule has 0 aliphatic heterocycles. The first-order valence-corrected chi connectivity index (χ1v) is 9.74. The number of nitrogens with zero attached hydrogens (tertiary/aromatic N) is 3. The third-order valence-electron chi connectivity index (χ3n) is 5.09. The summed E-state index contributed by atoms with van der Waals surface area (Å²) in [6, 6.07) is 13.5. The average Bonchev–Trinajstić information content (AvgIpc) is 3.12. The lowest BCUT2D eigenvalue weighted by Crippen LogP contribution is -2.35. The molecule has 148 valence electrons. The standard InChI is InChI=1S/C23H23N3O3/c1-4-11-25(19-8-6-5-7-16(19)3)21(27)14-26-22-17-12-15(2)9-10-20(17)29-23(28)18(22)13-24-26/h5-10,12-13H,4,11,14H2,1-3H3. The summed E-state index contributed by atoms with van der Waals surface area (Å²) in [7, 11) is 0. The number of aromatic nitrogens is 2. The van der Waals surface area contributed by atoms with Crippen molar-refractivity contribution in [1.82, 2.24) is 9.78 Å². The lowest BCUT2D eigenvalue weighted by Gasteiger charge is -2.24. The van der Waals surface area contributed by atoms with Gasteiger partial charge < -0.3 is 9.32 Å². The van der Waals surface area contributed by atoms with Crippen LogP contribution in [0, 0.1) is 13.8 Å². The van der Waals surface area contributed by atoms with Gasteiger partial charge in [-0.05, 0) is 44.0 Å². The maximum atomic E-state index is 13.2. The average molecular weight is 389 g/mol. The minimum absolute atomic E-state index is 0.0460. The van der Waals surface area contributed by atoms with E-state index in [2.05, 4.69) is 5.10 Å². The van der Waals surface area contributed by atoms with E-state index in [1.165, 1.54) is 6.20 Å². The second-order valence-corrected chi connectivity index (χ2v) is 7.29. The van der Waals surface area contributed by atoms with E-state index in [0.29, 0.717) is 23.0 Å². The molecule has 4 rings (SSSR count). The van der Waals surface area contributed by atoms with Crippen LogP contribution in [0.3, 0.4) is 0 Å². The van der Waals surface area contributed by atoms with Gasteiger partial charge in [-0.2, -0.15) is 5.10 Å². The summed E-state index contributed by atoms with van der Waals surface area (Å²) >= 11 is 0. The number of hydrogen-bond donors (Lipinski definition) is 0. The van der Waals surface area contributed by atoms with Crippen LogP contribution in [0.5, 0.6) is 0 Å². The topological polar surface area (TPSA) is 68.3 Å². The van der Waals surface area contributed by atoms with Gasteiger partial charge in [0.1, 0.15) is 17.5 Å². The van der Waals surface area contributed by atoms with Crippen molar-refractivity contribution in [3.63, 3.8) is 0 Å². The smallest absolute Gasteiger partial charge is 0.347 e. The monoisotopic (exact) mass is 389 g/mol. The fourth-order valence-corrected chi connectivity index (χ4v) is 3.69. The van der Waals surface area contributed by atoms with Crippen molar-refractivity contribution in [2.24, 2.45) is 0 Å². The van der Waals surface area contributed by atoms with E-state index in [4.69, 9.17) is 4.42 Å². The zero-order valence-corrected chi connectivity index (χ0v) is 16.8. The van der Waals surface area contributed by atoms with Crippen LogP contribution in [0.1, 0.15) is 24.5 Å². The number of anilines is 1. The van der Waals surface area contributed by atoms with Gasteiger partial charge in [0.25, 0.3) is 0 Å². The van der Waals surface area contributed by atoms with Crippen LogP contribution in [0.2, 0.25) is 0 Å². The van der Waals surface area contributed by atoms with Crippen LogP contribution >= 0.6 is 0 Å². The number of benzene rings is 2. The lowest BCUT2D eigenvalue weighted by atomic mass is 10.1. The van der Waals surface area contributed by atoms with Crippen LogP contribution < -0.4 is 10.5 Å². The number of hydrogen-bond acceptors (Lipinski definition) is 4. The van der Waals surface area contributed by atoms with E-state index >= 15 is 0 Å². The first-order chi connectivity index (χ1) is 14.0. The van der Waals surface area contributed by atoms with Crippen molar-refractivity contribution < 1.29 is 9.21 Å². The van der Waals surface area contributed by atoms with Gasteiger partial charge in [-0.15, -0.1) is 0 Å². The van der Waals surface area contributed by atoms with Crippen molar-refractivity contribution in [2.45, 2.75) is 33.7 Å². The van der Waals surface area contributed by atoms with Crippen LogP contribution in [-0.4, -0.2) is 22.2 Å². The predicted octanol–water partition coefficient (Wildman–Crippen LogP) is 4.20. The quantitative estimate of drug-likeness (QED) is 0.480. The molecule has 0 fully saturated rings. The van der Waals surface area contributed by atoms with E-state index < -0.39 is 5.63 Å². The first-order valence-electron chi connectivity index (χ1n) is 9.74. The number of carbonyl (C=O) groups excluding carboxylic acids is 1. The fraction of sp³-hybridized carbons (Fsp3) is 0.261. The maximum absolute atomic E-state index is 13.2. The lowest BCUT2D eigenvalue weighted by molar-refractivity contribution is -0.119. The molecule has 0 N–H and O–H groups in total. The molecule has 0 aliphatic carbocycles. The highest BCUT2D eigenvalue weighted by Crippen LogP contribution is 2.25. The highest BCUT2D eigenvalue weighted by atomic mass is 16.4. The molecule has 0 unspecified atom stereocenters. The Balaban J connectivity index is 1.80. The molecule has 0 radical (unpaired) electrons. The molecule has 1 amide bonds. The molecule has 0 spiro atoms. The molecule has 4 aromatic rings. The van der Waals surface area contributed by atoms with Crippen molar-refractivity contribution in [2.75, 3.05) is 11.4 Å². The van der Waals surface area contributed by atoms with Crippen LogP contribution in [0.25, 0.3) is 21.9 Å². The van der Waals surface area contributed by atoms with Gasteiger partial charge in [0, 0.05) is 17.6 Å². The molecule has 0 saturated heterocycles. The van der Waals surface area contributed by atoms with E-state index in [-0.39, 0.29) is 12.5 Å². The molecule has 6 nitrogen and oxygen atoms in total. The van der Waals surface area contributed by atoms with Gasteiger partial charge in [-0.1, -0.05) is 36.8 Å². The largest absolute Gasteiger partial charge is 0.422 e. The van der Waals surface area contributed by atoms with Crippen molar-refractivity contribution in [1.29, 1.82) is 0 Å². The van der Waals surface area contributed by atoms with Gasteiger partial charge in [-0.3, -0.25) is 9.48 Å². The Labute approximate surface area is 168 Å². The first kappa shape index (κ1) is 18.9. The number of amides is 1. The number of carbonyl (C=O) groups is 1. The van der Waals surface area contributed by atoms with Crippen molar-refractivity contribution in [3.05, 3.63) is 70.2 Å². The molecular formula is C23H23N3O3. The SMILES string of the molecule is CCCN(C(=O)Cn1ncc2c(=O)oc3ccc(C)cc3c21)c1ccccc1C. The van der Waals surface area contributed by atoms with E-state index in [1.54, 1.807) is 15.6 Å².